The number of aromatic carboxylic acids is 1. The normalized spacial score (nSPS) is 28.0. The summed E-state index contributed by atoms with van der Waals surface area (Å²) in [7, 11) is 1.79. The van der Waals surface area contributed by atoms with Gasteiger partial charge in [0.2, 0.25) is 0 Å². The molecule has 2 aliphatic heterocycles. The lowest BCUT2D eigenvalue weighted by Gasteiger charge is -2.36. The fraction of sp³-hybridized carbons (Fsp3) is 0.500. The van der Waals surface area contributed by atoms with Gasteiger partial charge in [0.05, 0.1) is 5.56 Å². The molecule has 2 saturated heterocycles. The predicted molar refractivity (Wildman–Crippen MR) is 83.1 cm³/mol. The van der Waals surface area contributed by atoms with Crippen LogP contribution in [0.2, 0.25) is 0 Å². The largest absolute Gasteiger partial charge is 0.478 e. The van der Waals surface area contributed by atoms with E-state index in [0.29, 0.717) is 30.9 Å². The number of anilines is 1. The number of hydrogen-bond acceptors (Lipinski definition) is 4. The molecule has 2 aliphatic rings. The number of nitrogens with zero attached hydrogens (tertiary/aromatic N) is 2. The first-order valence-electron chi connectivity index (χ1n) is 7.64. The van der Waals surface area contributed by atoms with Gasteiger partial charge in [-0.3, -0.25) is 10.2 Å². The summed E-state index contributed by atoms with van der Waals surface area (Å²) in [5, 5.41) is 11.0. The summed E-state index contributed by atoms with van der Waals surface area (Å²) in [6.45, 7) is 2.94. The number of halogens is 1. The summed E-state index contributed by atoms with van der Waals surface area (Å²) in [6, 6.07) is 4.68. The van der Waals surface area contributed by atoms with E-state index in [1.54, 1.807) is 26.1 Å². The zero-order valence-electron chi connectivity index (χ0n) is 13.2. The first kappa shape index (κ1) is 15.9. The lowest BCUT2D eigenvalue weighted by Crippen LogP contribution is -2.53. The van der Waals surface area contributed by atoms with E-state index in [1.807, 2.05) is 5.01 Å². The summed E-state index contributed by atoms with van der Waals surface area (Å²) in [5.41, 5.74) is 2.48. The number of nitrogens with one attached hydrogen (secondary N) is 1. The summed E-state index contributed by atoms with van der Waals surface area (Å²) in [4.78, 5) is 25.1. The van der Waals surface area contributed by atoms with Crippen molar-refractivity contribution in [3.05, 3.63) is 29.3 Å². The molecular formula is C16H20FN3O3. The van der Waals surface area contributed by atoms with Gasteiger partial charge in [0, 0.05) is 37.7 Å². The Morgan fingerprint density at radius 2 is 2.17 bits per heavy atom. The van der Waals surface area contributed by atoms with Crippen molar-refractivity contribution in [1.82, 2.24) is 10.4 Å². The van der Waals surface area contributed by atoms with E-state index in [0.717, 1.165) is 0 Å². The van der Waals surface area contributed by atoms with Crippen LogP contribution in [0.5, 0.6) is 0 Å². The number of alkyl halides is 1. The highest BCUT2D eigenvalue weighted by molar-refractivity contribution is 6.03. The number of aryl methyl sites for hydroxylation is 1. The molecule has 7 heteroatoms. The topological polar surface area (TPSA) is 72.9 Å². The van der Waals surface area contributed by atoms with Crippen LogP contribution < -0.4 is 10.3 Å². The maximum absolute atomic E-state index is 15.2. The molecule has 6 nitrogen and oxygen atoms in total. The number of rotatable bonds is 3. The SMILES string of the molecule is CNN1CC[C@]2(F)C(=O)N(c3ccc(C(=O)O)c(C)c3)C[C@@H]2C1. The molecule has 1 aromatic carbocycles. The molecule has 0 unspecified atom stereocenters. The Balaban J connectivity index is 1.89. The van der Waals surface area contributed by atoms with Crippen LogP contribution in [0.25, 0.3) is 0 Å². The molecule has 23 heavy (non-hydrogen) atoms. The number of piperidine rings is 1. The number of hydrogen-bond donors (Lipinski definition) is 2. The Morgan fingerprint density at radius 1 is 1.43 bits per heavy atom. The summed E-state index contributed by atoms with van der Waals surface area (Å²) >= 11 is 0. The van der Waals surface area contributed by atoms with Crippen LogP contribution in [-0.2, 0) is 4.79 Å². The number of carbonyl (C=O) groups is 2. The van der Waals surface area contributed by atoms with Crippen molar-refractivity contribution in [1.29, 1.82) is 0 Å². The molecule has 1 amide bonds. The minimum absolute atomic E-state index is 0.167. The fourth-order valence-electron chi connectivity index (χ4n) is 3.50. The van der Waals surface area contributed by atoms with Gasteiger partial charge in [-0.15, -0.1) is 0 Å². The molecular weight excluding hydrogens is 301 g/mol. The molecule has 2 N–H and O–H groups in total. The zero-order valence-corrected chi connectivity index (χ0v) is 13.2. The number of fused-ring (bicyclic) bond motifs is 1. The molecule has 0 aromatic heterocycles. The van der Waals surface area contributed by atoms with Crippen LogP contribution in [0.3, 0.4) is 0 Å². The lowest BCUT2D eigenvalue weighted by molar-refractivity contribution is -0.132. The summed E-state index contributed by atoms with van der Waals surface area (Å²) in [5.74, 6) is -1.92. The number of carboxylic acids is 1. The highest BCUT2D eigenvalue weighted by Gasteiger charge is 2.57. The molecule has 124 valence electrons. The van der Waals surface area contributed by atoms with Gasteiger partial charge in [-0.1, -0.05) is 0 Å². The Bertz CT molecular complexity index is 666. The Kier molecular flexibility index (Phi) is 3.85. The van der Waals surface area contributed by atoms with Crippen LogP contribution in [-0.4, -0.2) is 54.3 Å². The molecule has 1 aromatic rings. The minimum Gasteiger partial charge on any atom is -0.478 e. The fourth-order valence-corrected chi connectivity index (χ4v) is 3.50. The van der Waals surface area contributed by atoms with Gasteiger partial charge in [-0.25, -0.2) is 14.2 Å². The third kappa shape index (κ3) is 2.49. The van der Waals surface area contributed by atoms with Crippen LogP contribution in [0.1, 0.15) is 22.3 Å². The number of carbonyl (C=O) groups excluding carboxylic acids is 1. The summed E-state index contributed by atoms with van der Waals surface area (Å²) < 4.78 is 15.2. The van der Waals surface area contributed by atoms with E-state index in [2.05, 4.69) is 5.43 Å². The smallest absolute Gasteiger partial charge is 0.335 e. The molecule has 0 radical (unpaired) electrons. The van der Waals surface area contributed by atoms with E-state index in [1.165, 1.54) is 11.0 Å². The zero-order chi connectivity index (χ0) is 16.8. The maximum atomic E-state index is 15.2. The molecule has 2 heterocycles. The van der Waals surface area contributed by atoms with E-state index >= 15 is 4.39 Å². The third-order valence-electron chi connectivity index (χ3n) is 4.91. The van der Waals surface area contributed by atoms with Gasteiger partial charge < -0.3 is 10.0 Å². The van der Waals surface area contributed by atoms with Crippen LogP contribution in [0.15, 0.2) is 18.2 Å². The molecule has 0 saturated carbocycles. The molecule has 2 atom stereocenters. The van der Waals surface area contributed by atoms with Crippen molar-refractivity contribution in [2.75, 3.05) is 31.6 Å². The maximum Gasteiger partial charge on any atom is 0.335 e. The second kappa shape index (κ2) is 5.58. The molecule has 0 bridgehead atoms. The van der Waals surface area contributed by atoms with Gasteiger partial charge in [-0.2, -0.15) is 0 Å². The van der Waals surface area contributed by atoms with Crippen molar-refractivity contribution < 1.29 is 19.1 Å². The number of carboxylic acid groups (broad SMARTS) is 1. The monoisotopic (exact) mass is 321 g/mol. The molecule has 0 aliphatic carbocycles. The van der Waals surface area contributed by atoms with Crippen molar-refractivity contribution >= 4 is 17.6 Å². The highest BCUT2D eigenvalue weighted by atomic mass is 19.1. The molecule has 2 fully saturated rings. The number of hydrazine groups is 1. The lowest BCUT2D eigenvalue weighted by atomic mass is 9.86. The van der Waals surface area contributed by atoms with E-state index in [-0.39, 0.29) is 12.0 Å². The van der Waals surface area contributed by atoms with Crippen molar-refractivity contribution in [2.24, 2.45) is 5.92 Å². The minimum atomic E-state index is -1.83. The third-order valence-corrected chi connectivity index (χ3v) is 4.91. The first-order valence-corrected chi connectivity index (χ1v) is 7.64. The number of amides is 1. The van der Waals surface area contributed by atoms with E-state index < -0.39 is 23.5 Å². The van der Waals surface area contributed by atoms with Gasteiger partial charge in [-0.05, 0) is 37.7 Å². The summed E-state index contributed by atoms with van der Waals surface area (Å²) in [6.07, 6.45) is 0.167. The average molecular weight is 321 g/mol. The second-order valence-electron chi connectivity index (χ2n) is 6.20. The highest BCUT2D eigenvalue weighted by Crippen LogP contribution is 2.41. The van der Waals surface area contributed by atoms with E-state index in [9.17, 15) is 9.59 Å². The van der Waals surface area contributed by atoms with Crippen molar-refractivity contribution in [3.63, 3.8) is 0 Å². The van der Waals surface area contributed by atoms with Crippen molar-refractivity contribution in [2.45, 2.75) is 19.0 Å². The van der Waals surface area contributed by atoms with Gasteiger partial charge in [0.15, 0.2) is 5.67 Å². The van der Waals surface area contributed by atoms with Crippen LogP contribution >= 0.6 is 0 Å². The number of benzene rings is 1. The van der Waals surface area contributed by atoms with Crippen LogP contribution in [0, 0.1) is 12.8 Å². The average Bonchev–Trinajstić information content (AvgIpc) is 2.78. The van der Waals surface area contributed by atoms with E-state index in [4.69, 9.17) is 5.11 Å². The first-order chi connectivity index (χ1) is 10.9. The van der Waals surface area contributed by atoms with Gasteiger partial charge in [0.25, 0.3) is 5.91 Å². The predicted octanol–water partition coefficient (Wildman–Crippen LogP) is 1.20. The van der Waals surface area contributed by atoms with Crippen LogP contribution in [0.4, 0.5) is 10.1 Å². The Hall–Kier alpha value is -1.99. The van der Waals surface area contributed by atoms with Crippen molar-refractivity contribution in [3.8, 4) is 0 Å². The second-order valence-corrected chi connectivity index (χ2v) is 6.20. The Morgan fingerprint density at radius 3 is 2.78 bits per heavy atom. The molecule has 3 rings (SSSR count). The quantitative estimate of drug-likeness (QED) is 0.875. The Labute approximate surface area is 133 Å². The van der Waals surface area contributed by atoms with Gasteiger partial charge in [0.1, 0.15) is 0 Å². The standard InChI is InChI=1S/C16H20FN3O3/c1-10-7-12(3-4-13(10)14(21)22)20-9-11-8-19(18-2)6-5-16(11,17)15(20)23/h3-4,7,11,18H,5-6,8-9H2,1-2H3,(H,21,22)/t11-,16+/m0/s1. The molecule has 0 spiro atoms. The van der Waals surface area contributed by atoms with Gasteiger partial charge >= 0.3 is 5.97 Å².